The van der Waals surface area contributed by atoms with Crippen LogP contribution in [0.4, 0.5) is 11.4 Å². The van der Waals surface area contributed by atoms with E-state index < -0.39 is 0 Å². The van der Waals surface area contributed by atoms with Crippen molar-refractivity contribution in [3.63, 3.8) is 0 Å². The summed E-state index contributed by atoms with van der Waals surface area (Å²) in [6, 6.07) is 14.9. The van der Waals surface area contributed by atoms with Crippen LogP contribution in [0.1, 0.15) is 24.0 Å². The second-order valence-corrected chi connectivity index (χ2v) is 7.73. The molecule has 0 radical (unpaired) electrons. The molecule has 1 amide bonds. The summed E-state index contributed by atoms with van der Waals surface area (Å²) in [5, 5.41) is 14.9. The number of anilines is 1. The highest BCUT2D eigenvalue weighted by Gasteiger charge is 2.27. The number of carbonyl (C=O) groups excluding carboxylic acids is 1. The summed E-state index contributed by atoms with van der Waals surface area (Å²) in [4.78, 5) is 30.1. The third-order valence-electron chi connectivity index (χ3n) is 5.72. The zero-order valence-electron chi connectivity index (χ0n) is 16.9. The number of nitrogens with one attached hydrogen (secondary N) is 1. The average molecular weight is 404 g/mol. The van der Waals surface area contributed by atoms with Gasteiger partial charge in [-0.1, -0.05) is 29.8 Å². The van der Waals surface area contributed by atoms with Crippen molar-refractivity contribution in [1.82, 2.24) is 10.3 Å². The van der Waals surface area contributed by atoms with Gasteiger partial charge < -0.3 is 10.2 Å². The summed E-state index contributed by atoms with van der Waals surface area (Å²) < 4.78 is 0. The number of pyridine rings is 1. The zero-order chi connectivity index (χ0) is 21.1. The maximum atomic E-state index is 12.6. The van der Waals surface area contributed by atoms with Gasteiger partial charge in [-0.3, -0.25) is 19.9 Å². The third kappa shape index (κ3) is 4.10. The molecule has 3 aromatic rings. The molecule has 2 heterocycles. The fourth-order valence-corrected chi connectivity index (χ4v) is 3.98. The van der Waals surface area contributed by atoms with Gasteiger partial charge in [0, 0.05) is 37.8 Å². The number of amides is 1. The molecular formula is C23H24N4O3. The number of aryl methyl sites for hydroxylation is 1. The molecule has 7 heteroatoms. The summed E-state index contributed by atoms with van der Waals surface area (Å²) >= 11 is 0. The monoisotopic (exact) mass is 404 g/mol. The SMILES string of the molecule is Cc1ccc(CNC(=O)C2CCN(c3ccc([N+](=O)[O-])c4cccnc34)CC2)cc1. The van der Waals surface area contributed by atoms with Crippen LogP contribution in [0.25, 0.3) is 10.9 Å². The van der Waals surface area contributed by atoms with Gasteiger partial charge >= 0.3 is 0 Å². The number of aromatic nitrogens is 1. The van der Waals surface area contributed by atoms with Gasteiger partial charge in [0.1, 0.15) is 5.52 Å². The number of rotatable bonds is 5. The van der Waals surface area contributed by atoms with E-state index in [1.165, 1.54) is 5.56 Å². The van der Waals surface area contributed by atoms with Crippen molar-refractivity contribution in [2.45, 2.75) is 26.3 Å². The smallest absolute Gasteiger partial charge is 0.278 e. The van der Waals surface area contributed by atoms with Crippen LogP contribution in [0.3, 0.4) is 0 Å². The van der Waals surface area contributed by atoms with Crippen molar-refractivity contribution in [3.8, 4) is 0 Å². The standard InChI is InChI=1S/C23H24N4O3/c1-16-4-6-17(7-5-16)15-25-23(28)18-10-13-26(14-11-18)21-9-8-20(27(29)30)19-3-2-12-24-22(19)21/h2-9,12,18H,10-11,13-15H2,1H3,(H,25,28). The first-order valence-corrected chi connectivity index (χ1v) is 10.1. The van der Waals surface area contributed by atoms with Crippen LogP contribution >= 0.6 is 0 Å². The van der Waals surface area contributed by atoms with Crippen molar-refractivity contribution in [2.75, 3.05) is 18.0 Å². The van der Waals surface area contributed by atoms with Crippen molar-refractivity contribution >= 4 is 28.2 Å². The number of piperidine rings is 1. The highest BCUT2D eigenvalue weighted by molar-refractivity contribution is 5.97. The Bertz CT molecular complexity index is 1070. The minimum Gasteiger partial charge on any atom is -0.370 e. The Hall–Kier alpha value is -3.48. The van der Waals surface area contributed by atoms with E-state index in [9.17, 15) is 14.9 Å². The minimum absolute atomic E-state index is 0.0241. The van der Waals surface area contributed by atoms with Crippen LogP contribution < -0.4 is 10.2 Å². The van der Waals surface area contributed by atoms with Gasteiger partial charge in [-0.25, -0.2) is 0 Å². The summed E-state index contributed by atoms with van der Waals surface area (Å²) in [6.45, 7) is 4.01. The molecule has 0 bridgehead atoms. The molecule has 0 spiro atoms. The lowest BCUT2D eigenvalue weighted by atomic mass is 9.95. The lowest BCUT2D eigenvalue weighted by Gasteiger charge is -2.33. The molecule has 1 aliphatic heterocycles. The maximum absolute atomic E-state index is 12.6. The molecule has 1 saturated heterocycles. The molecule has 1 N–H and O–H groups in total. The number of hydrogen-bond donors (Lipinski definition) is 1. The Morgan fingerprint density at radius 3 is 2.60 bits per heavy atom. The number of non-ortho nitro benzene ring substituents is 1. The van der Waals surface area contributed by atoms with Crippen molar-refractivity contribution in [2.24, 2.45) is 5.92 Å². The quantitative estimate of drug-likeness (QED) is 0.513. The molecular weight excluding hydrogens is 380 g/mol. The van der Waals surface area contributed by atoms with Crippen LogP contribution in [0, 0.1) is 23.0 Å². The summed E-state index contributed by atoms with van der Waals surface area (Å²) in [5.41, 5.74) is 3.87. The van der Waals surface area contributed by atoms with E-state index in [1.54, 1.807) is 30.5 Å². The van der Waals surface area contributed by atoms with E-state index >= 15 is 0 Å². The Labute approximate surface area is 174 Å². The maximum Gasteiger partial charge on any atom is 0.278 e. The van der Waals surface area contributed by atoms with Crippen molar-refractivity contribution in [1.29, 1.82) is 0 Å². The van der Waals surface area contributed by atoms with Gasteiger partial charge in [0.05, 0.1) is 16.0 Å². The van der Waals surface area contributed by atoms with E-state index in [0.717, 1.165) is 24.1 Å². The van der Waals surface area contributed by atoms with Gasteiger partial charge in [-0.15, -0.1) is 0 Å². The first kappa shape index (κ1) is 19.8. The molecule has 0 aliphatic carbocycles. The number of nitrogens with zero attached hydrogens (tertiary/aromatic N) is 3. The lowest BCUT2D eigenvalue weighted by Crippen LogP contribution is -2.40. The van der Waals surface area contributed by atoms with Gasteiger partial charge in [-0.05, 0) is 43.5 Å². The van der Waals surface area contributed by atoms with Crippen LogP contribution in [0.5, 0.6) is 0 Å². The third-order valence-corrected chi connectivity index (χ3v) is 5.72. The van der Waals surface area contributed by atoms with E-state index in [0.29, 0.717) is 30.5 Å². The fourth-order valence-electron chi connectivity index (χ4n) is 3.98. The Morgan fingerprint density at radius 1 is 1.17 bits per heavy atom. The molecule has 0 saturated carbocycles. The lowest BCUT2D eigenvalue weighted by molar-refractivity contribution is -0.383. The Kier molecular flexibility index (Phi) is 5.61. The van der Waals surface area contributed by atoms with Crippen LogP contribution in [-0.2, 0) is 11.3 Å². The first-order valence-electron chi connectivity index (χ1n) is 10.1. The van der Waals surface area contributed by atoms with Gasteiger partial charge in [-0.2, -0.15) is 0 Å². The van der Waals surface area contributed by atoms with Gasteiger partial charge in [0.15, 0.2) is 0 Å². The highest BCUT2D eigenvalue weighted by Crippen LogP contribution is 2.34. The van der Waals surface area contributed by atoms with Crippen LogP contribution in [-0.4, -0.2) is 28.9 Å². The number of carbonyl (C=O) groups is 1. The number of fused-ring (bicyclic) bond motifs is 1. The molecule has 1 fully saturated rings. The van der Waals surface area contributed by atoms with Crippen LogP contribution in [0.2, 0.25) is 0 Å². The number of nitro groups is 1. The average Bonchev–Trinajstić information content (AvgIpc) is 2.77. The summed E-state index contributed by atoms with van der Waals surface area (Å²) in [6.07, 6.45) is 3.14. The van der Waals surface area contributed by atoms with Crippen molar-refractivity contribution < 1.29 is 9.72 Å². The fraction of sp³-hybridized carbons (Fsp3) is 0.304. The molecule has 4 rings (SSSR count). The first-order chi connectivity index (χ1) is 14.5. The molecule has 7 nitrogen and oxygen atoms in total. The summed E-state index contributed by atoms with van der Waals surface area (Å²) in [7, 11) is 0. The predicted octanol–water partition coefficient (Wildman–Crippen LogP) is 3.98. The number of nitro benzene ring substituents is 1. The predicted molar refractivity (Wildman–Crippen MR) is 116 cm³/mol. The summed E-state index contributed by atoms with van der Waals surface area (Å²) in [5.74, 6) is 0.0610. The van der Waals surface area contributed by atoms with E-state index in [2.05, 4.69) is 15.2 Å². The van der Waals surface area contributed by atoms with Crippen LogP contribution in [0.15, 0.2) is 54.7 Å². The van der Waals surface area contributed by atoms with E-state index in [-0.39, 0.29) is 22.4 Å². The van der Waals surface area contributed by atoms with E-state index in [4.69, 9.17) is 0 Å². The number of hydrogen-bond acceptors (Lipinski definition) is 5. The molecule has 0 atom stereocenters. The Balaban J connectivity index is 1.41. The second kappa shape index (κ2) is 8.49. The molecule has 0 unspecified atom stereocenters. The molecule has 2 aromatic carbocycles. The Morgan fingerprint density at radius 2 is 1.90 bits per heavy atom. The van der Waals surface area contributed by atoms with Gasteiger partial charge in [0.2, 0.25) is 5.91 Å². The molecule has 154 valence electrons. The second-order valence-electron chi connectivity index (χ2n) is 7.73. The van der Waals surface area contributed by atoms with Gasteiger partial charge in [0.25, 0.3) is 5.69 Å². The molecule has 30 heavy (non-hydrogen) atoms. The normalized spacial score (nSPS) is 14.6. The topological polar surface area (TPSA) is 88.4 Å². The zero-order valence-corrected chi connectivity index (χ0v) is 16.9. The minimum atomic E-state index is -0.377. The largest absolute Gasteiger partial charge is 0.370 e. The molecule has 1 aliphatic rings. The highest BCUT2D eigenvalue weighted by atomic mass is 16.6. The van der Waals surface area contributed by atoms with Crippen molar-refractivity contribution in [3.05, 3.63) is 76.0 Å². The number of benzene rings is 2. The van der Waals surface area contributed by atoms with E-state index in [1.807, 2.05) is 31.2 Å². The molecule has 1 aromatic heterocycles.